The lowest BCUT2D eigenvalue weighted by Gasteiger charge is -2.33. The Morgan fingerprint density at radius 1 is 1.20 bits per heavy atom. The number of nitrogens with one attached hydrogen (secondary N) is 2. The summed E-state index contributed by atoms with van der Waals surface area (Å²) in [7, 11) is 0. The fourth-order valence-electron chi connectivity index (χ4n) is 4.49. The monoisotopic (exact) mass is 523 g/mol. The fourth-order valence-corrected chi connectivity index (χ4v) is 4.61. The van der Waals surface area contributed by atoms with Gasteiger partial charge >= 0.3 is 5.97 Å². The van der Waals surface area contributed by atoms with Crippen molar-refractivity contribution in [3.05, 3.63) is 34.9 Å². The van der Waals surface area contributed by atoms with Gasteiger partial charge in [-0.2, -0.15) is 0 Å². The highest BCUT2D eigenvalue weighted by atomic mass is 35.5. The van der Waals surface area contributed by atoms with Crippen LogP contribution in [0.3, 0.4) is 0 Å². The molecule has 192 valence electrons. The van der Waals surface area contributed by atoms with E-state index in [0.717, 1.165) is 44.3 Å². The first kappa shape index (κ1) is 29.0. The number of ether oxygens (including phenoxy) is 1. The summed E-state index contributed by atoms with van der Waals surface area (Å²) in [6, 6.07) is 6.25. The van der Waals surface area contributed by atoms with Gasteiger partial charge in [0.2, 0.25) is 11.8 Å². The number of carbonyl (C=O) groups excluding carboxylic acids is 3. The Morgan fingerprint density at radius 3 is 2.60 bits per heavy atom. The minimum absolute atomic E-state index is 0. The van der Waals surface area contributed by atoms with E-state index in [1.54, 1.807) is 29.2 Å². The third kappa shape index (κ3) is 9.71. The van der Waals surface area contributed by atoms with Crippen molar-refractivity contribution in [1.82, 2.24) is 15.5 Å². The van der Waals surface area contributed by atoms with Crippen molar-refractivity contribution in [1.29, 1.82) is 0 Å². The van der Waals surface area contributed by atoms with Crippen molar-refractivity contribution < 1.29 is 19.1 Å². The predicted molar refractivity (Wildman–Crippen MR) is 138 cm³/mol. The Kier molecular flexibility index (Phi) is 12.4. The molecule has 9 heteroatoms. The topological polar surface area (TPSA) is 87.7 Å². The van der Waals surface area contributed by atoms with Crippen LogP contribution in [-0.4, -0.2) is 54.9 Å². The molecule has 0 radical (unpaired) electrons. The highest BCUT2D eigenvalue weighted by molar-refractivity contribution is 6.30. The van der Waals surface area contributed by atoms with E-state index in [1.165, 1.54) is 0 Å². The summed E-state index contributed by atoms with van der Waals surface area (Å²) in [5, 5.41) is 6.73. The standard InChI is InChI=1S/C26H34ClN3O4.ClH/c1-2-23(16-25(32)34-18-20-5-8-22(27)9-6-20)29-26(33)21-4-3-15-30(17-21)24(31)10-7-19-11-13-28-14-12-19;/h1,5-6,8-9,19,21,23,28H,3-4,7,10-18H2,(H,29,33);1H/t21-,23-;/m1./s1. The number of nitrogens with zero attached hydrogens (tertiary/aromatic N) is 1. The maximum Gasteiger partial charge on any atom is 0.309 e. The Labute approximate surface area is 219 Å². The molecule has 2 aliphatic heterocycles. The SMILES string of the molecule is C#C[C@H](CC(=O)OCc1ccc(Cl)cc1)NC(=O)[C@@H]1CCCN(C(=O)CCC2CCNCC2)C1.Cl. The average Bonchev–Trinajstić information content (AvgIpc) is 2.87. The predicted octanol–water partition coefficient (Wildman–Crippen LogP) is 3.33. The molecule has 7 nitrogen and oxygen atoms in total. The highest BCUT2D eigenvalue weighted by Gasteiger charge is 2.30. The van der Waals surface area contributed by atoms with Gasteiger partial charge in [-0.3, -0.25) is 14.4 Å². The Bertz CT molecular complexity index is 882. The molecule has 1 aromatic carbocycles. The molecule has 1 aromatic rings. The fraction of sp³-hybridized carbons (Fsp3) is 0.577. The maximum atomic E-state index is 12.8. The zero-order valence-electron chi connectivity index (χ0n) is 20.0. The number of rotatable bonds is 9. The van der Waals surface area contributed by atoms with E-state index < -0.39 is 12.0 Å². The third-order valence-electron chi connectivity index (χ3n) is 6.57. The summed E-state index contributed by atoms with van der Waals surface area (Å²) in [4.78, 5) is 39.5. The smallest absolute Gasteiger partial charge is 0.309 e. The van der Waals surface area contributed by atoms with Crippen molar-refractivity contribution in [3.63, 3.8) is 0 Å². The summed E-state index contributed by atoms with van der Waals surface area (Å²) >= 11 is 5.85. The molecule has 0 saturated carbocycles. The summed E-state index contributed by atoms with van der Waals surface area (Å²) in [5.41, 5.74) is 0.811. The molecule has 2 atom stereocenters. The Morgan fingerprint density at radius 2 is 1.91 bits per heavy atom. The van der Waals surface area contributed by atoms with Crippen LogP contribution in [0.4, 0.5) is 0 Å². The van der Waals surface area contributed by atoms with Crippen molar-refractivity contribution >= 4 is 41.8 Å². The van der Waals surface area contributed by atoms with E-state index in [2.05, 4.69) is 16.6 Å². The molecule has 0 unspecified atom stereocenters. The van der Waals surface area contributed by atoms with Crippen LogP contribution >= 0.6 is 24.0 Å². The largest absolute Gasteiger partial charge is 0.461 e. The van der Waals surface area contributed by atoms with Crippen molar-refractivity contribution in [2.75, 3.05) is 26.2 Å². The number of hydrogen-bond acceptors (Lipinski definition) is 5. The zero-order chi connectivity index (χ0) is 24.3. The molecule has 0 aromatic heterocycles. The molecule has 0 aliphatic carbocycles. The molecular weight excluding hydrogens is 489 g/mol. The van der Waals surface area contributed by atoms with Crippen LogP contribution in [0.1, 0.15) is 50.5 Å². The van der Waals surface area contributed by atoms with Gasteiger partial charge in [0, 0.05) is 24.5 Å². The molecule has 0 bridgehead atoms. The van der Waals surface area contributed by atoms with Crippen LogP contribution in [0.25, 0.3) is 0 Å². The molecule has 2 heterocycles. The van der Waals surface area contributed by atoms with Crippen molar-refractivity contribution in [3.8, 4) is 12.3 Å². The minimum Gasteiger partial charge on any atom is -0.461 e. The zero-order valence-corrected chi connectivity index (χ0v) is 21.5. The van der Waals surface area contributed by atoms with E-state index in [-0.39, 0.29) is 43.2 Å². The molecular formula is C26H35Cl2N3O4. The molecule has 0 spiro atoms. The third-order valence-corrected chi connectivity index (χ3v) is 6.82. The molecule has 2 aliphatic rings. The Balaban J connectivity index is 0.00000432. The second-order valence-corrected chi connectivity index (χ2v) is 9.57. The molecule has 3 rings (SSSR count). The van der Waals surface area contributed by atoms with Gasteiger partial charge < -0.3 is 20.3 Å². The van der Waals surface area contributed by atoms with Gasteiger partial charge in [0.1, 0.15) is 12.6 Å². The van der Waals surface area contributed by atoms with Gasteiger partial charge in [0.25, 0.3) is 0 Å². The van der Waals surface area contributed by atoms with Gasteiger partial charge in [0.05, 0.1) is 12.3 Å². The van der Waals surface area contributed by atoms with Gasteiger partial charge in [-0.15, -0.1) is 18.8 Å². The van der Waals surface area contributed by atoms with Gasteiger partial charge in [-0.25, -0.2) is 0 Å². The second-order valence-electron chi connectivity index (χ2n) is 9.13. The van der Waals surface area contributed by atoms with Crippen LogP contribution < -0.4 is 10.6 Å². The van der Waals surface area contributed by atoms with Crippen LogP contribution in [-0.2, 0) is 25.7 Å². The summed E-state index contributed by atoms with van der Waals surface area (Å²) in [6.07, 6.45) is 10.6. The van der Waals surface area contributed by atoms with Gasteiger partial charge in [0.15, 0.2) is 0 Å². The molecule has 2 amide bonds. The van der Waals surface area contributed by atoms with Crippen LogP contribution in [0.5, 0.6) is 0 Å². The van der Waals surface area contributed by atoms with Crippen molar-refractivity contribution in [2.45, 2.75) is 57.6 Å². The van der Waals surface area contributed by atoms with E-state index >= 15 is 0 Å². The number of benzene rings is 1. The number of likely N-dealkylation sites (tertiary alicyclic amines) is 1. The number of terminal acetylenes is 1. The summed E-state index contributed by atoms with van der Waals surface area (Å²) < 4.78 is 5.27. The molecule has 2 fully saturated rings. The van der Waals surface area contributed by atoms with Gasteiger partial charge in [-0.1, -0.05) is 29.7 Å². The van der Waals surface area contributed by atoms with E-state index in [4.69, 9.17) is 22.8 Å². The first-order valence-electron chi connectivity index (χ1n) is 12.1. The van der Waals surface area contributed by atoms with Gasteiger partial charge in [-0.05, 0) is 68.8 Å². The lowest BCUT2D eigenvalue weighted by molar-refractivity contribution is -0.145. The number of piperidine rings is 2. The number of halogens is 2. The quantitative estimate of drug-likeness (QED) is 0.382. The van der Waals surface area contributed by atoms with Crippen LogP contribution in [0.2, 0.25) is 5.02 Å². The van der Waals surface area contributed by atoms with E-state index in [0.29, 0.717) is 36.9 Å². The van der Waals surface area contributed by atoms with Crippen LogP contribution in [0.15, 0.2) is 24.3 Å². The maximum absolute atomic E-state index is 12.8. The minimum atomic E-state index is -0.754. The average molecular weight is 524 g/mol. The molecule has 2 N–H and O–H groups in total. The number of carbonyl (C=O) groups is 3. The summed E-state index contributed by atoms with van der Waals surface area (Å²) in [6.45, 7) is 3.24. The van der Waals surface area contributed by atoms with Crippen molar-refractivity contribution in [2.24, 2.45) is 11.8 Å². The molecule has 35 heavy (non-hydrogen) atoms. The first-order valence-corrected chi connectivity index (χ1v) is 12.5. The van der Waals surface area contributed by atoms with E-state index in [9.17, 15) is 14.4 Å². The Hall–Kier alpha value is -2.27. The number of esters is 1. The number of hydrogen-bond donors (Lipinski definition) is 2. The number of amides is 2. The lowest BCUT2D eigenvalue weighted by atomic mass is 9.92. The van der Waals surface area contributed by atoms with E-state index in [1.807, 2.05) is 0 Å². The van der Waals surface area contributed by atoms with Crippen LogP contribution in [0, 0.1) is 24.2 Å². The highest BCUT2D eigenvalue weighted by Crippen LogP contribution is 2.22. The lowest BCUT2D eigenvalue weighted by Crippen LogP contribution is -2.47. The molecule has 2 saturated heterocycles. The normalized spacial score (nSPS) is 19.1. The first-order chi connectivity index (χ1) is 16.4. The second kappa shape index (κ2) is 15.0. The summed E-state index contributed by atoms with van der Waals surface area (Å²) in [5.74, 6) is 2.16.